The lowest BCUT2D eigenvalue weighted by Gasteiger charge is -2.13. The Morgan fingerprint density at radius 1 is 1.07 bits per heavy atom. The third-order valence-corrected chi connectivity index (χ3v) is 4.60. The number of nitrogens with zero attached hydrogens (tertiary/aromatic N) is 1. The summed E-state index contributed by atoms with van der Waals surface area (Å²) in [4.78, 5) is 37.1. The van der Waals surface area contributed by atoms with Crippen molar-refractivity contribution in [2.75, 3.05) is 17.4 Å². The number of carbonyl (C=O) groups excluding carboxylic acids is 2. The normalized spacial score (nSPS) is 12.1. The molecule has 0 bridgehead atoms. The summed E-state index contributed by atoms with van der Waals surface area (Å²) >= 11 is 0. The van der Waals surface area contributed by atoms with E-state index in [1.54, 1.807) is 42.6 Å². The van der Waals surface area contributed by atoms with Gasteiger partial charge < -0.3 is 24.7 Å². The van der Waals surface area contributed by atoms with E-state index >= 15 is 0 Å². The molecule has 8 heteroatoms. The Bertz CT molecular complexity index is 1200. The van der Waals surface area contributed by atoms with Crippen LogP contribution in [0.15, 0.2) is 47.4 Å². The Kier molecular flexibility index (Phi) is 4.67. The Morgan fingerprint density at radius 2 is 1.76 bits per heavy atom. The Morgan fingerprint density at radius 3 is 2.45 bits per heavy atom. The summed E-state index contributed by atoms with van der Waals surface area (Å²) in [6.45, 7) is 3.99. The zero-order chi connectivity index (χ0) is 20.5. The van der Waals surface area contributed by atoms with Crippen LogP contribution >= 0.6 is 0 Å². The number of carbonyl (C=O) groups is 2. The predicted molar refractivity (Wildman–Crippen MR) is 109 cm³/mol. The van der Waals surface area contributed by atoms with Gasteiger partial charge >= 0.3 is 0 Å². The summed E-state index contributed by atoms with van der Waals surface area (Å²) in [6.07, 6.45) is 1.54. The van der Waals surface area contributed by atoms with E-state index in [4.69, 9.17) is 9.47 Å². The number of benzene rings is 2. The minimum absolute atomic E-state index is 0.0168. The molecular weight excluding hydrogens is 374 g/mol. The second-order valence-electron chi connectivity index (χ2n) is 6.60. The molecule has 2 heterocycles. The molecule has 148 valence electrons. The molecule has 0 spiro atoms. The highest BCUT2D eigenvalue weighted by atomic mass is 16.7. The van der Waals surface area contributed by atoms with E-state index in [2.05, 4.69) is 10.6 Å². The van der Waals surface area contributed by atoms with E-state index in [0.717, 1.165) is 0 Å². The summed E-state index contributed by atoms with van der Waals surface area (Å²) in [6, 6.07) is 10.1. The average Bonchev–Trinajstić information content (AvgIpc) is 3.14. The van der Waals surface area contributed by atoms with Crippen molar-refractivity contribution >= 4 is 34.1 Å². The van der Waals surface area contributed by atoms with Gasteiger partial charge in [-0.2, -0.15) is 0 Å². The molecule has 0 unspecified atom stereocenters. The zero-order valence-corrected chi connectivity index (χ0v) is 15.9. The van der Waals surface area contributed by atoms with Crippen molar-refractivity contribution in [3.05, 3.63) is 58.4 Å². The van der Waals surface area contributed by atoms with Crippen molar-refractivity contribution in [1.82, 2.24) is 4.57 Å². The van der Waals surface area contributed by atoms with E-state index < -0.39 is 11.3 Å². The fraction of sp³-hybridized carbons (Fsp3) is 0.190. The summed E-state index contributed by atoms with van der Waals surface area (Å²) in [5.74, 6) is 0.313. The Balaban J connectivity index is 1.73. The van der Waals surface area contributed by atoms with E-state index in [9.17, 15) is 14.4 Å². The highest BCUT2D eigenvalue weighted by molar-refractivity contribution is 6.06. The molecule has 0 aliphatic carbocycles. The lowest BCUT2D eigenvalue weighted by Crippen LogP contribution is -2.24. The van der Waals surface area contributed by atoms with Crippen molar-refractivity contribution in [2.45, 2.75) is 20.4 Å². The first-order chi connectivity index (χ1) is 14.0. The maximum Gasteiger partial charge on any atom is 0.261 e. The number of anilines is 2. The first-order valence-corrected chi connectivity index (χ1v) is 9.12. The van der Waals surface area contributed by atoms with Gasteiger partial charge in [0.25, 0.3) is 5.91 Å². The summed E-state index contributed by atoms with van der Waals surface area (Å²) < 4.78 is 12.6. The summed E-state index contributed by atoms with van der Waals surface area (Å²) in [5, 5.41) is 5.76. The number of hydrogen-bond acceptors (Lipinski definition) is 5. The molecule has 8 nitrogen and oxygen atoms in total. The number of ether oxygens (including phenoxy) is 2. The quantitative estimate of drug-likeness (QED) is 0.710. The molecule has 3 aromatic rings. The van der Waals surface area contributed by atoms with Gasteiger partial charge in [0.15, 0.2) is 11.5 Å². The largest absolute Gasteiger partial charge is 0.454 e. The highest BCUT2D eigenvalue weighted by Gasteiger charge is 2.20. The van der Waals surface area contributed by atoms with Gasteiger partial charge in [0.1, 0.15) is 5.56 Å². The molecule has 0 radical (unpaired) electrons. The van der Waals surface area contributed by atoms with Crippen LogP contribution in [0.3, 0.4) is 0 Å². The number of fused-ring (bicyclic) bond motifs is 2. The number of pyridine rings is 1. The molecule has 2 amide bonds. The molecular formula is C21H19N3O5. The van der Waals surface area contributed by atoms with Crippen molar-refractivity contribution in [3.63, 3.8) is 0 Å². The third-order valence-electron chi connectivity index (χ3n) is 4.60. The Hall–Kier alpha value is -3.81. The smallest absolute Gasteiger partial charge is 0.261 e. The van der Waals surface area contributed by atoms with Gasteiger partial charge in [-0.1, -0.05) is 6.07 Å². The van der Waals surface area contributed by atoms with E-state index in [1.807, 2.05) is 11.5 Å². The average molecular weight is 393 g/mol. The molecule has 29 heavy (non-hydrogen) atoms. The topological polar surface area (TPSA) is 98.7 Å². The first kappa shape index (κ1) is 18.5. The van der Waals surface area contributed by atoms with Gasteiger partial charge in [0.05, 0.1) is 10.9 Å². The number of aromatic nitrogens is 1. The monoisotopic (exact) mass is 393 g/mol. The standard InChI is InChI=1S/C21H19N3O5/c1-3-24-10-16(20(26)15-8-18-19(9-17(15)24)29-11-28-18)21(27)23-14-6-4-5-13(7-14)22-12(2)25/h4-10H,3,11H2,1-2H3,(H,22,25)(H,23,27). The summed E-state index contributed by atoms with van der Waals surface area (Å²) in [5.41, 5.74) is 1.31. The molecule has 2 N–H and O–H groups in total. The van der Waals surface area contributed by atoms with E-state index in [-0.39, 0.29) is 18.3 Å². The molecule has 1 aliphatic heterocycles. The number of amides is 2. The molecule has 0 atom stereocenters. The molecule has 0 fully saturated rings. The van der Waals surface area contributed by atoms with Crippen LogP contribution < -0.4 is 25.5 Å². The van der Waals surface area contributed by atoms with Crippen LogP contribution in [0.1, 0.15) is 24.2 Å². The van der Waals surface area contributed by atoms with Crippen LogP contribution in [0.25, 0.3) is 10.9 Å². The van der Waals surface area contributed by atoms with Crippen molar-refractivity contribution < 1.29 is 19.1 Å². The second-order valence-corrected chi connectivity index (χ2v) is 6.60. The van der Waals surface area contributed by atoms with Crippen molar-refractivity contribution in [1.29, 1.82) is 0 Å². The van der Waals surface area contributed by atoms with Crippen LogP contribution in [0.2, 0.25) is 0 Å². The van der Waals surface area contributed by atoms with Gasteiger partial charge in [-0.15, -0.1) is 0 Å². The first-order valence-electron chi connectivity index (χ1n) is 9.12. The number of nitrogens with one attached hydrogen (secondary N) is 2. The van der Waals surface area contributed by atoms with Crippen LogP contribution in [-0.4, -0.2) is 23.2 Å². The van der Waals surface area contributed by atoms with Crippen LogP contribution in [0.4, 0.5) is 11.4 Å². The van der Waals surface area contributed by atoms with Gasteiger partial charge in [0, 0.05) is 37.1 Å². The van der Waals surface area contributed by atoms with Crippen LogP contribution in [-0.2, 0) is 11.3 Å². The SMILES string of the molecule is CCn1cc(C(=O)Nc2cccc(NC(C)=O)c2)c(=O)c2cc3c(cc21)OCO3. The maximum atomic E-state index is 13.0. The third kappa shape index (κ3) is 3.52. The number of aryl methyl sites for hydroxylation is 1. The maximum absolute atomic E-state index is 13.0. The fourth-order valence-electron chi connectivity index (χ4n) is 3.28. The van der Waals surface area contributed by atoms with Gasteiger partial charge in [0.2, 0.25) is 18.1 Å². The zero-order valence-electron chi connectivity index (χ0n) is 15.9. The van der Waals surface area contributed by atoms with Crippen LogP contribution in [0, 0.1) is 0 Å². The molecule has 1 aliphatic rings. The van der Waals surface area contributed by atoms with Crippen molar-refractivity contribution in [3.8, 4) is 11.5 Å². The van der Waals surface area contributed by atoms with Crippen LogP contribution in [0.5, 0.6) is 11.5 Å². The minimum atomic E-state index is -0.531. The van der Waals surface area contributed by atoms with Gasteiger partial charge in [-0.05, 0) is 31.2 Å². The van der Waals surface area contributed by atoms with Gasteiger partial charge in [-0.25, -0.2) is 0 Å². The Labute approximate surface area is 166 Å². The second kappa shape index (κ2) is 7.31. The summed E-state index contributed by atoms with van der Waals surface area (Å²) in [7, 11) is 0. The fourth-order valence-corrected chi connectivity index (χ4v) is 3.28. The highest BCUT2D eigenvalue weighted by Crippen LogP contribution is 2.35. The number of hydrogen-bond donors (Lipinski definition) is 2. The minimum Gasteiger partial charge on any atom is -0.454 e. The lowest BCUT2D eigenvalue weighted by molar-refractivity contribution is -0.114. The van der Waals surface area contributed by atoms with E-state index in [1.165, 1.54) is 6.92 Å². The molecule has 2 aromatic carbocycles. The van der Waals surface area contributed by atoms with E-state index in [0.29, 0.717) is 40.3 Å². The molecule has 1 aromatic heterocycles. The van der Waals surface area contributed by atoms with Gasteiger partial charge in [-0.3, -0.25) is 14.4 Å². The molecule has 0 saturated carbocycles. The van der Waals surface area contributed by atoms with Crippen molar-refractivity contribution in [2.24, 2.45) is 0 Å². The predicted octanol–water partition coefficient (Wildman–Crippen LogP) is 2.96. The number of rotatable bonds is 4. The molecule has 4 rings (SSSR count). The lowest BCUT2D eigenvalue weighted by atomic mass is 10.1. The molecule has 0 saturated heterocycles.